The molecule has 1 aromatic rings. The molecule has 1 aliphatic heterocycles. The molecule has 0 aromatic carbocycles. The quantitative estimate of drug-likeness (QED) is 0.724. The summed E-state index contributed by atoms with van der Waals surface area (Å²) in [5.74, 6) is 0. The zero-order chi connectivity index (χ0) is 13.5. The molecular weight excluding hydrogens is 246 g/mol. The van der Waals surface area contributed by atoms with Crippen LogP contribution in [0.2, 0.25) is 0 Å². The molecule has 0 spiro atoms. The Bertz CT molecular complexity index is 459. The van der Waals surface area contributed by atoms with Crippen molar-refractivity contribution >= 4 is 17.4 Å². The molecular formula is C13H21N3OS. The Labute approximate surface area is 113 Å². The lowest BCUT2D eigenvalue weighted by Crippen LogP contribution is -2.41. The van der Waals surface area contributed by atoms with Crippen LogP contribution in [-0.2, 0) is 18.4 Å². The van der Waals surface area contributed by atoms with Gasteiger partial charge >= 0.3 is 6.03 Å². The number of hydrogen-bond acceptors (Lipinski definition) is 3. The predicted molar refractivity (Wildman–Crippen MR) is 74.0 cm³/mol. The summed E-state index contributed by atoms with van der Waals surface area (Å²) in [5, 5.41) is 1.17. The fourth-order valence-electron chi connectivity index (χ4n) is 1.97. The first-order chi connectivity index (χ1) is 8.29. The van der Waals surface area contributed by atoms with Crippen molar-refractivity contribution < 1.29 is 4.79 Å². The van der Waals surface area contributed by atoms with Gasteiger partial charge in [0.15, 0.2) is 0 Å². The van der Waals surface area contributed by atoms with Crippen LogP contribution in [0.25, 0.3) is 0 Å². The Balaban J connectivity index is 2.20. The Morgan fingerprint density at radius 3 is 2.61 bits per heavy atom. The van der Waals surface area contributed by atoms with Gasteiger partial charge in [0, 0.05) is 37.4 Å². The second-order valence-electron chi connectivity index (χ2n) is 5.99. The normalized spacial score (nSPS) is 15.5. The second-order valence-corrected chi connectivity index (χ2v) is 7.07. The first kappa shape index (κ1) is 13.3. The van der Waals surface area contributed by atoms with Crippen molar-refractivity contribution in [3.63, 3.8) is 0 Å². The summed E-state index contributed by atoms with van der Waals surface area (Å²) >= 11 is 1.80. The molecule has 0 bridgehead atoms. The van der Waals surface area contributed by atoms with Gasteiger partial charge in [-0.05, 0) is 0 Å². The van der Waals surface area contributed by atoms with E-state index in [-0.39, 0.29) is 11.4 Å². The van der Waals surface area contributed by atoms with E-state index in [2.05, 4.69) is 20.8 Å². The van der Waals surface area contributed by atoms with E-state index in [0.717, 1.165) is 18.7 Å². The van der Waals surface area contributed by atoms with Gasteiger partial charge in [0.05, 0.1) is 17.2 Å². The second kappa shape index (κ2) is 4.53. The van der Waals surface area contributed by atoms with Gasteiger partial charge in [-0.1, -0.05) is 20.8 Å². The van der Waals surface area contributed by atoms with Crippen molar-refractivity contribution in [2.45, 2.75) is 39.2 Å². The fourth-order valence-corrected chi connectivity index (χ4v) is 3.08. The van der Waals surface area contributed by atoms with Crippen LogP contribution in [0.5, 0.6) is 0 Å². The molecule has 0 atom stereocenters. The minimum absolute atomic E-state index is 0.0750. The standard InChI is InChI=1S/C13H21N3OS/c1-13(2,3)11-14-9-8-16(12(17)15(4)5)7-6-10(9)18-11/h6-8H2,1-5H3. The third-order valence-corrected chi connectivity index (χ3v) is 4.61. The molecule has 1 aliphatic rings. The molecule has 2 rings (SSSR count). The van der Waals surface area contributed by atoms with Crippen molar-refractivity contribution in [1.82, 2.24) is 14.8 Å². The number of rotatable bonds is 0. The monoisotopic (exact) mass is 267 g/mol. The van der Waals surface area contributed by atoms with Crippen LogP contribution in [0.4, 0.5) is 4.79 Å². The molecule has 2 heterocycles. The summed E-state index contributed by atoms with van der Waals surface area (Å²) in [5.41, 5.74) is 1.18. The van der Waals surface area contributed by atoms with E-state index in [0.29, 0.717) is 6.54 Å². The van der Waals surface area contributed by atoms with E-state index >= 15 is 0 Å². The Morgan fingerprint density at radius 2 is 2.06 bits per heavy atom. The maximum absolute atomic E-state index is 11.9. The predicted octanol–water partition coefficient (Wildman–Crippen LogP) is 2.48. The summed E-state index contributed by atoms with van der Waals surface area (Å²) in [4.78, 5) is 21.5. The summed E-state index contributed by atoms with van der Waals surface area (Å²) in [6, 6.07) is 0.0750. The molecule has 0 fully saturated rings. The molecule has 1 aromatic heterocycles. The lowest BCUT2D eigenvalue weighted by atomic mass is 9.98. The van der Waals surface area contributed by atoms with Crippen molar-refractivity contribution in [2.24, 2.45) is 0 Å². The number of fused-ring (bicyclic) bond motifs is 1. The van der Waals surface area contributed by atoms with Crippen molar-refractivity contribution in [3.8, 4) is 0 Å². The molecule has 0 radical (unpaired) electrons. The van der Waals surface area contributed by atoms with Crippen LogP contribution >= 0.6 is 11.3 Å². The summed E-state index contributed by atoms with van der Waals surface area (Å²) in [7, 11) is 3.58. The molecule has 0 unspecified atom stereocenters. The number of carbonyl (C=O) groups is 1. The summed E-state index contributed by atoms with van der Waals surface area (Å²) in [6.45, 7) is 7.99. The number of thiazole rings is 1. The van der Waals surface area contributed by atoms with Gasteiger partial charge in [0.1, 0.15) is 0 Å². The maximum atomic E-state index is 11.9. The molecule has 2 amide bonds. The molecule has 18 heavy (non-hydrogen) atoms. The number of nitrogens with zero attached hydrogens (tertiary/aromatic N) is 3. The van der Waals surface area contributed by atoms with Crippen LogP contribution < -0.4 is 0 Å². The minimum atomic E-state index is 0.0750. The van der Waals surface area contributed by atoms with Gasteiger partial charge in [-0.15, -0.1) is 11.3 Å². The topological polar surface area (TPSA) is 36.4 Å². The molecule has 100 valence electrons. The molecule has 0 saturated heterocycles. The Morgan fingerprint density at radius 1 is 1.39 bits per heavy atom. The zero-order valence-electron chi connectivity index (χ0n) is 11.8. The average Bonchev–Trinajstić information content (AvgIpc) is 2.69. The van der Waals surface area contributed by atoms with Crippen LogP contribution in [0, 0.1) is 0 Å². The highest BCUT2D eigenvalue weighted by molar-refractivity contribution is 7.11. The first-order valence-corrected chi connectivity index (χ1v) is 7.06. The van der Waals surface area contributed by atoms with Crippen molar-refractivity contribution in [2.75, 3.05) is 20.6 Å². The molecule has 0 aliphatic carbocycles. The van der Waals surface area contributed by atoms with Crippen LogP contribution in [0.15, 0.2) is 0 Å². The maximum Gasteiger partial charge on any atom is 0.319 e. The Kier molecular flexibility index (Phi) is 3.36. The highest BCUT2D eigenvalue weighted by Crippen LogP contribution is 2.32. The van der Waals surface area contributed by atoms with E-state index in [9.17, 15) is 4.79 Å². The lowest BCUT2D eigenvalue weighted by molar-refractivity contribution is 0.165. The number of carbonyl (C=O) groups excluding carboxylic acids is 1. The largest absolute Gasteiger partial charge is 0.331 e. The highest BCUT2D eigenvalue weighted by Gasteiger charge is 2.27. The summed E-state index contributed by atoms with van der Waals surface area (Å²) < 4.78 is 0. The molecule has 4 nitrogen and oxygen atoms in total. The molecule has 5 heteroatoms. The minimum Gasteiger partial charge on any atom is -0.331 e. The van der Waals surface area contributed by atoms with E-state index in [1.54, 1.807) is 30.3 Å². The number of amides is 2. The third kappa shape index (κ3) is 2.51. The van der Waals surface area contributed by atoms with E-state index in [4.69, 9.17) is 4.98 Å². The van der Waals surface area contributed by atoms with Crippen molar-refractivity contribution in [1.29, 1.82) is 0 Å². The number of aromatic nitrogens is 1. The number of hydrogen-bond donors (Lipinski definition) is 0. The third-order valence-electron chi connectivity index (χ3n) is 3.02. The van der Waals surface area contributed by atoms with Crippen LogP contribution in [0.3, 0.4) is 0 Å². The van der Waals surface area contributed by atoms with E-state index in [1.165, 1.54) is 9.88 Å². The van der Waals surface area contributed by atoms with Gasteiger partial charge in [0.25, 0.3) is 0 Å². The van der Waals surface area contributed by atoms with Crippen LogP contribution in [0.1, 0.15) is 36.3 Å². The van der Waals surface area contributed by atoms with Gasteiger partial charge < -0.3 is 9.80 Å². The van der Waals surface area contributed by atoms with Gasteiger partial charge in [0.2, 0.25) is 0 Å². The smallest absolute Gasteiger partial charge is 0.319 e. The van der Waals surface area contributed by atoms with Gasteiger partial charge in [-0.3, -0.25) is 0 Å². The fraction of sp³-hybridized carbons (Fsp3) is 0.692. The van der Waals surface area contributed by atoms with E-state index in [1.807, 2.05) is 4.90 Å². The lowest BCUT2D eigenvalue weighted by Gasteiger charge is -2.28. The Hall–Kier alpha value is -1.10. The van der Waals surface area contributed by atoms with Crippen molar-refractivity contribution in [3.05, 3.63) is 15.6 Å². The average molecular weight is 267 g/mol. The van der Waals surface area contributed by atoms with E-state index < -0.39 is 0 Å². The molecule has 0 N–H and O–H groups in total. The van der Waals surface area contributed by atoms with Crippen LogP contribution in [-0.4, -0.2) is 41.5 Å². The highest BCUT2D eigenvalue weighted by atomic mass is 32.1. The summed E-state index contributed by atoms with van der Waals surface area (Å²) in [6.07, 6.45) is 0.933. The SMILES string of the molecule is CN(C)C(=O)N1CCc2sc(C(C)(C)C)nc2C1. The zero-order valence-corrected chi connectivity index (χ0v) is 12.6. The first-order valence-electron chi connectivity index (χ1n) is 6.24. The van der Waals surface area contributed by atoms with Gasteiger partial charge in [-0.2, -0.15) is 0 Å². The number of urea groups is 1. The van der Waals surface area contributed by atoms with Gasteiger partial charge in [-0.25, -0.2) is 9.78 Å². The molecule has 0 saturated carbocycles.